The van der Waals surface area contributed by atoms with E-state index in [0.29, 0.717) is 0 Å². The maximum atomic E-state index is 12.2. The minimum Gasteiger partial charge on any atom is -0.372 e. The van der Waals surface area contributed by atoms with Crippen LogP contribution in [0.1, 0.15) is 38.0 Å². The second kappa shape index (κ2) is 8.30. The molecule has 138 valence electrons. The van der Waals surface area contributed by atoms with E-state index in [0.717, 1.165) is 45.8 Å². The Bertz CT molecular complexity index is 582. The van der Waals surface area contributed by atoms with Crippen molar-refractivity contribution in [1.29, 1.82) is 0 Å². The fraction of sp³-hybridized carbons (Fsp3) is 0.650. The van der Waals surface area contributed by atoms with E-state index in [2.05, 4.69) is 39.4 Å². The molecule has 0 radical (unpaired) electrons. The Morgan fingerprint density at radius 1 is 1.20 bits per heavy atom. The summed E-state index contributed by atoms with van der Waals surface area (Å²) in [6.07, 6.45) is 1.20. The van der Waals surface area contributed by atoms with Crippen LogP contribution < -0.4 is 5.32 Å². The molecule has 0 spiro atoms. The Kier molecular flexibility index (Phi) is 6.10. The number of fused-ring (bicyclic) bond motifs is 1. The first-order valence-corrected chi connectivity index (χ1v) is 9.51. The van der Waals surface area contributed by atoms with Gasteiger partial charge in [-0.3, -0.25) is 14.6 Å². The lowest BCUT2D eigenvalue weighted by Crippen LogP contribution is -2.55. The zero-order valence-corrected chi connectivity index (χ0v) is 15.7. The summed E-state index contributed by atoms with van der Waals surface area (Å²) in [5, 5.41) is 3.01. The van der Waals surface area contributed by atoms with Crippen LogP contribution in [0, 0.1) is 0 Å². The second-order valence-electron chi connectivity index (χ2n) is 7.48. The molecule has 2 heterocycles. The normalized spacial score (nSPS) is 23.3. The average Bonchev–Trinajstić information content (AvgIpc) is 2.61. The molecular formula is C20H31N3O2. The highest BCUT2D eigenvalue weighted by Gasteiger charge is 2.28. The van der Waals surface area contributed by atoms with Gasteiger partial charge in [-0.1, -0.05) is 24.3 Å². The third-order valence-electron chi connectivity index (χ3n) is 5.28. The number of benzene rings is 1. The number of amides is 1. The summed E-state index contributed by atoms with van der Waals surface area (Å²) in [6, 6.07) is 8.78. The highest BCUT2D eigenvalue weighted by Crippen LogP contribution is 2.28. The van der Waals surface area contributed by atoms with E-state index in [1.807, 2.05) is 20.8 Å². The summed E-state index contributed by atoms with van der Waals surface area (Å²) in [5.41, 5.74) is 2.78. The van der Waals surface area contributed by atoms with Gasteiger partial charge in [0.2, 0.25) is 5.91 Å². The highest BCUT2D eigenvalue weighted by molar-refractivity contribution is 5.81. The van der Waals surface area contributed by atoms with Crippen LogP contribution in [0.3, 0.4) is 0 Å². The molecule has 2 atom stereocenters. The van der Waals surface area contributed by atoms with Crippen LogP contribution in [0.15, 0.2) is 24.3 Å². The minimum absolute atomic E-state index is 0.0591. The van der Waals surface area contributed by atoms with Crippen molar-refractivity contribution in [3.8, 4) is 0 Å². The van der Waals surface area contributed by atoms with Gasteiger partial charge in [-0.05, 0) is 38.3 Å². The minimum atomic E-state index is -0.0591. The molecule has 3 rings (SSSR count). The lowest BCUT2D eigenvalue weighted by atomic mass is 9.97. The molecular weight excluding hydrogens is 314 g/mol. The van der Waals surface area contributed by atoms with Crippen molar-refractivity contribution in [2.45, 2.75) is 45.4 Å². The molecule has 2 aliphatic heterocycles. The lowest BCUT2D eigenvalue weighted by Gasteiger charge is -2.39. The van der Waals surface area contributed by atoms with Gasteiger partial charge in [-0.2, -0.15) is 0 Å². The molecule has 0 aromatic heterocycles. The van der Waals surface area contributed by atoms with Crippen LogP contribution in [-0.2, 0) is 16.0 Å². The van der Waals surface area contributed by atoms with Gasteiger partial charge in [0.1, 0.15) is 0 Å². The number of carbonyl (C=O) groups is 1. The van der Waals surface area contributed by atoms with Gasteiger partial charge in [0.25, 0.3) is 0 Å². The van der Waals surface area contributed by atoms with Crippen LogP contribution in [-0.4, -0.2) is 67.1 Å². The number of hydrogen-bond donors (Lipinski definition) is 1. The van der Waals surface area contributed by atoms with E-state index in [1.54, 1.807) is 0 Å². The molecule has 5 heteroatoms. The third-order valence-corrected chi connectivity index (χ3v) is 5.28. The molecule has 2 aliphatic rings. The van der Waals surface area contributed by atoms with Crippen molar-refractivity contribution in [3.05, 3.63) is 35.4 Å². The maximum Gasteiger partial charge on any atom is 0.237 e. The summed E-state index contributed by atoms with van der Waals surface area (Å²) in [6.45, 7) is 11.6. The van der Waals surface area contributed by atoms with Crippen molar-refractivity contribution in [1.82, 2.24) is 15.1 Å². The van der Waals surface area contributed by atoms with E-state index < -0.39 is 0 Å². The van der Waals surface area contributed by atoms with Crippen LogP contribution in [0.25, 0.3) is 0 Å². The fourth-order valence-corrected chi connectivity index (χ4v) is 3.77. The van der Waals surface area contributed by atoms with Gasteiger partial charge in [0.15, 0.2) is 0 Å². The van der Waals surface area contributed by atoms with Crippen LogP contribution >= 0.6 is 0 Å². The molecule has 1 fully saturated rings. The Morgan fingerprint density at radius 2 is 1.92 bits per heavy atom. The summed E-state index contributed by atoms with van der Waals surface area (Å²) in [4.78, 5) is 17.0. The smallest absolute Gasteiger partial charge is 0.237 e. The number of nitrogens with zero attached hydrogens (tertiary/aromatic N) is 2. The highest BCUT2D eigenvalue weighted by atomic mass is 16.5. The average molecular weight is 345 g/mol. The zero-order chi connectivity index (χ0) is 17.8. The van der Waals surface area contributed by atoms with E-state index in [1.165, 1.54) is 11.1 Å². The summed E-state index contributed by atoms with van der Waals surface area (Å²) < 4.78 is 6.04. The molecule has 1 aromatic rings. The van der Waals surface area contributed by atoms with Gasteiger partial charge in [0, 0.05) is 38.8 Å². The van der Waals surface area contributed by atoms with Crippen molar-refractivity contribution >= 4 is 5.91 Å². The summed E-state index contributed by atoms with van der Waals surface area (Å²) in [7, 11) is 0. The maximum absolute atomic E-state index is 12.2. The topological polar surface area (TPSA) is 44.8 Å². The second-order valence-corrected chi connectivity index (χ2v) is 7.48. The Balaban J connectivity index is 1.51. The Labute approximate surface area is 151 Å². The number of ether oxygens (including phenoxy) is 1. The SMILES string of the molecule is CC(C)NC(=O)[C@H](C)N1CCN(C[C@H]2OCCc3ccccc32)CC1. The Morgan fingerprint density at radius 3 is 2.64 bits per heavy atom. The van der Waals surface area contributed by atoms with Crippen molar-refractivity contribution in [3.63, 3.8) is 0 Å². The number of nitrogens with one attached hydrogen (secondary N) is 1. The molecule has 25 heavy (non-hydrogen) atoms. The first-order valence-electron chi connectivity index (χ1n) is 9.51. The van der Waals surface area contributed by atoms with Crippen molar-refractivity contribution in [2.24, 2.45) is 0 Å². The quantitative estimate of drug-likeness (QED) is 0.884. The molecule has 0 aliphatic carbocycles. The van der Waals surface area contributed by atoms with E-state index in [-0.39, 0.29) is 24.1 Å². The molecule has 0 saturated carbocycles. The van der Waals surface area contributed by atoms with Crippen molar-refractivity contribution < 1.29 is 9.53 Å². The monoisotopic (exact) mass is 345 g/mol. The number of carbonyl (C=O) groups excluding carboxylic acids is 1. The third kappa shape index (κ3) is 4.60. The first-order chi connectivity index (χ1) is 12.0. The van der Waals surface area contributed by atoms with Gasteiger partial charge in [0.05, 0.1) is 18.8 Å². The van der Waals surface area contributed by atoms with Gasteiger partial charge < -0.3 is 10.1 Å². The number of piperazine rings is 1. The molecule has 1 N–H and O–H groups in total. The zero-order valence-electron chi connectivity index (χ0n) is 15.7. The van der Waals surface area contributed by atoms with Crippen LogP contribution in [0.5, 0.6) is 0 Å². The number of hydrogen-bond acceptors (Lipinski definition) is 4. The molecule has 5 nitrogen and oxygen atoms in total. The summed E-state index contributed by atoms with van der Waals surface area (Å²) in [5.74, 6) is 0.132. The van der Waals surface area contributed by atoms with Crippen LogP contribution in [0.4, 0.5) is 0 Å². The first kappa shape index (κ1) is 18.4. The van der Waals surface area contributed by atoms with Crippen LogP contribution in [0.2, 0.25) is 0 Å². The molecule has 1 aromatic carbocycles. The van der Waals surface area contributed by atoms with E-state index in [4.69, 9.17) is 4.74 Å². The van der Waals surface area contributed by atoms with Gasteiger partial charge >= 0.3 is 0 Å². The van der Waals surface area contributed by atoms with Gasteiger partial charge in [-0.25, -0.2) is 0 Å². The van der Waals surface area contributed by atoms with E-state index in [9.17, 15) is 4.79 Å². The predicted molar refractivity (Wildman–Crippen MR) is 99.6 cm³/mol. The Hall–Kier alpha value is -1.43. The van der Waals surface area contributed by atoms with Gasteiger partial charge in [-0.15, -0.1) is 0 Å². The predicted octanol–water partition coefficient (Wildman–Crippen LogP) is 1.83. The summed E-state index contributed by atoms with van der Waals surface area (Å²) >= 11 is 0. The standard InChI is InChI=1S/C20H31N3O2/c1-15(2)21-20(24)16(3)23-11-9-22(10-12-23)14-19-18-7-5-4-6-17(18)8-13-25-19/h4-7,15-16,19H,8-14H2,1-3H3,(H,21,24)/t16-,19+/m0/s1. The largest absolute Gasteiger partial charge is 0.372 e. The molecule has 1 saturated heterocycles. The lowest BCUT2D eigenvalue weighted by molar-refractivity contribution is -0.127. The number of rotatable bonds is 5. The molecule has 0 unspecified atom stereocenters. The van der Waals surface area contributed by atoms with E-state index >= 15 is 0 Å². The molecule has 0 bridgehead atoms. The fourth-order valence-electron chi connectivity index (χ4n) is 3.77. The molecule has 1 amide bonds. The van der Waals surface area contributed by atoms with Crippen molar-refractivity contribution in [2.75, 3.05) is 39.3 Å².